The fourth-order valence-corrected chi connectivity index (χ4v) is 1.90. The molecule has 0 bridgehead atoms. The Morgan fingerprint density at radius 1 is 1.00 bits per heavy atom. The van der Waals surface area contributed by atoms with Crippen LogP contribution >= 0.6 is 0 Å². The van der Waals surface area contributed by atoms with Gasteiger partial charge in [0.2, 0.25) is 0 Å². The first-order valence-electron chi connectivity index (χ1n) is 5.41. The van der Waals surface area contributed by atoms with Crippen LogP contribution in [0, 0.1) is 0 Å². The molecule has 2 rings (SSSR count). The summed E-state index contributed by atoms with van der Waals surface area (Å²) >= 11 is 0. The van der Waals surface area contributed by atoms with Crippen LogP contribution < -0.4 is 0 Å². The number of phenolic OH excluding ortho intramolecular Hbond substituents is 2. The lowest BCUT2D eigenvalue weighted by Gasteiger charge is -2.15. The SMILES string of the molecule is C=C[C@@H](c1ccccc1)c1ccc(O)cc1O. The Hall–Kier alpha value is -2.22. The summed E-state index contributed by atoms with van der Waals surface area (Å²) in [5.41, 5.74) is 1.80. The molecule has 0 aliphatic heterocycles. The van der Waals surface area contributed by atoms with Crippen molar-refractivity contribution in [1.29, 1.82) is 0 Å². The van der Waals surface area contributed by atoms with Gasteiger partial charge in [-0.25, -0.2) is 0 Å². The summed E-state index contributed by atoms with van der Waals surface area (Å²) in [4.78, 5) is 0. The van der Waals surface area contributed by atoms with E-state index < -0.39 is 0 Å². The van der Waals surface area contributed by atoms with Gasteiger partial charge in [-0.05, 0) is 11.6 Å². The van der Waals surface area contributed by atoms with Crippen LogP contribution in [-0.4, -0.2) is 10.2 Å². The van der Waals surface area contributed by atoms with E-state index in [2.05, 4.69) is 6.58 Å². The predicted octanol–water partition coefficient (Wildman–Crippen LogP) is 3.42. The highest BCUT2D eigenvalue weighted by atomic mass is 16.3. The molecular weight excluding hydrogens is 212 g/mol. The van der Waals surface area contributed by atoms with Crippen molar-refractivity contribution in [3.8, 4) is 11.5 Å². The maximum Gasteiger partial charge on any atom is 0.123 e. The molecular formula is C15H14O2. The maximum absolute atomic E-state index is 9.85. The second-order valence-electron chi connectivity index (χ2n) is 3.87. The lowest BCUT2D eigenvalue weighted by atomic mass is 9.91. The lowest BCUT2D eigenvalue weighted by molar-refractivity contribution is 0.445. The van der Waals surface area contributed by atoms with E-state index in [0.717, 1.165) is 11.1 Å². The molecule has 0 amide bonds. The highest BCUT2D eigenvalue weighted by Crippen LogP contribution is 2.33. The van der Waals surface area contributed by atoms with Crippen LogP contribution in [0.3, 0.4) is 0 Å². The summed E-state index contributed by atoms with van der Waals surface area (Å²) in [6.07, 6.45) is 1.78. The third-order valence-electron chi connectivity index (χ3n) is 2.74. The van der Waals surface area contributed by atoms with Gasteiger partial charge in [-0.2, -0.15) is 0 Å². The van der Waals surface area contributed by atoms with E-state index in [4.69, 9.17) is 0 Å². The van der Waals surface area contributed by atoms with Crippen LogP contribution in [0.2, 0.25) is 0 Å². The highest BCUT2D eigenvalue weighted by Gasteiger charge is 2.14. The molecule has 1 atom stereocenters. The van der Waals surface area contributed by atoms with Crippen molar-refractivity contribution >= 4 is 0 Å². The van der Waals surface area contributed by atoms with Crippen molar-refractivity contribution < 1.29 is 10.2 Å². The van der Waals surface area contributed by atoms with Gasteiger partial charge >= 0.3 is 0 Å². The van der Waals surface area contributed by atoms with Gasteiger partial charge in [0.25, 0.3) is 0 Å². The Kier molecular flexibility index (Phi) is 3.15. The molecule has 2 heteroatoms. The van der Waals surface area contributed by atoms with Gasteiger partial charge in [0.1, 0.15) is 11.5 Å². The van der Waals surface area contributed by atoms with Crippen LogP contribution in [-0.2, 0) is 0 Å². The Bertz CT molecular complexity index is 518. The lowest BCUT2D eigenvalue weighted by Crippen LogP contribution is -1.97. The predicted molar refractivity (Wildman–Crippen MR) is 68.3 cm³/mol. The molecule has 0 aromatic heterocycles. The third-order valence-corrected chi connectivity index (χ3v) is 2.74. The van der Waals surface area contributed by atoms with Gasteiger partial charge in [-0.15, -0.1) is 6.58 Å². The summed E-state index contributed by atoms with van der Waals surface area (Å²) in [5, 5.41) is 19.1. The van der Waals surface area contributed by atoms with Crippen molar-refractivity contribution in [3.05, 3.63) is 72.3 Å². The molecule has 17 heavy (non-hydrogen) atoms. The van der Waals surface area contributed by atoms with E-state index in [0.29, 0.717) is 0 Å². The first kappa shape index (κ1) is 11.3. The van der Waals surface area contributed by atoms with E-state index in [1.165, 1.54) is 6.07 Å². The second kappa shape index (κ2) is 4.74. The average molecular weight is 226 g/mol. The minimum absolute atomic E-state index is 0.0575. The Balaban J connectivity index is 2.46. The Labute approximate surface area is 100 Å². The van der Waals surface area contributed by atoms with Gasteiger partial charge in [-0.1, -0.05) is 42.5 Å². The summed E-state index contributed by atoms with van der Waals surface area (Å²) in [6.45, 7) is 3.80. The zero-order valence-corrected chi connectivity index (χ0v) is 9.38. The molecule has 2 aromatic rings. The monoisotopic (exact) mass is 226 g/mol. The minimum atomic E-state index is -0.0724. The van der Waals surface area contributed by atoms with E-state index in [1.54, 1.807) is 18.2 Å². The quantitative estimate of drug-likeness (QED) is 0.787. The summed E-state index contributed by atoms with van der Waals surface area (Å²) in [6, 6.07) is 14.4. The third kappa shape index (κ3) is 2.31. The zero-order chi connectivity index (χ0) is 12.3. The maximum atomic E-state index is 9.85. The summed E-state index contributed by atoms with van der Waals surface area (Å²) in [5.74, 6) is 0.0673. The molecule has 2 aromatic carbocycles. The molecule has 0 radical (unpaired) electrons. The number of hydrogen-bond donors (Lipinski definition) is 2. The van der Waals surface area contributed by atoms with E-state index >= 15 is 0 Å². The van der Waals surface area contributed by atoms with Crippen LogP contribution in [0.4, 0.5) is 0 Å². The molecule has 0 fully saturated rings. The number of rotatable bonds is 3. The number of phenols is 2. The van der Waals surface area contributed by atoms with E-state index in [-0.39, 0.29) is 17.4 Å². The molecule has 86 valence electrons. The molecule has 2 nitrogen and oxygen atoms in total. The van der Waals surface area contributed by atoms with Crippen molar-refractivity contribution in [2.75, 3.05) is 0 Å². The Morgan fingerprint density at radius 2 is 1.71 bits per heavy atom. The van der Waals surface area contributed by atoms with Crippen molar-refractivity contribution in [3.63, 3.8) is 0 Å². The first-order chi connectivity index (χ1) is 8.22. The Morgan fingerprint density at radius 3 is 2.29 bits per heavy atom. The largest absolute Gasteiger partial charge is 0.508 e. The van der Waals surface area contributed by atoms with Gasteiger partial charge in [-0.3, -0.25) is 0 Å². The highest BCUT2D eigenvalue weighted by molar-refractivity contribution is 5.47. The standard InChI is InChI=1S/C15H14O2/c1-2-13(11-6-4-3-5-7-11)14-9-8-12(16)10-15(14)17/h2-10,13,16-17H,1H2/t13-/m0/s1. The van der Waals surface area contributed by atoms with Crippen molar-refractivity contribution in [1.82, 2.24) is 0 Å². The fraction of sp³-hybridized carbons (Fsp3) is 0.0667. The number of aromatic hydroxyl groups is 2. The fourth-order valence-electron chi connectivity index (χ4n) is 1.90. The van der Waals surface area contributed by atoms with Gasteiger partial charge < -0.3 is 10.2 Å². The number of benzene rings is 2. The van der Waals surface area contributed by atoms with Crippen LogP contribution in [0.1, 0.15) is 17.0 Å². The molecule has 0 spiro atoms. The van der Waals surface area contributed by atoms with Gasteiger partial charge in [0.05, 0.1) is 0 Å². The average Bonchev–Trinajstić information content (AvgIpc) is 2.34. The van der Waals surface area contributed by atoms with Crippen molar-refractivity contribution in [2.24, 2.45) is 0 Å². The van der Waals surface area contributed by atoms with Crippen LogP contribution in [0.5, 0.6) is 11.5 Å². The number of allylic oxidation sites excluding steroid dienone is 1. The minimum Gasteiger partial charge on any atom is -0.508 e. The summed E-state index contributed by atoms with van der Waals surface area (Å²) in [7, 11) is 0. The molecule has 0 unspecified atom stereocenters. The molecule has 2 N–H and O–H groups in total. The van der Waals surface area contributed by atoms with E-state index in [1.807, 2.05) is 30.3 Å². The molecule has 0 aliphatic rings. The van der Waals surface area contributed by atoms with Crippen LogP contribution in [0.15, 0.2) is 61.2 Å². The van der Waals surface area contributed by atoms with E-state index in [9.17, 15) is 10.2 Å². The molecule has 0 aliphatic carbocycles. The molecule has 0 heterocycles. The first-order valence-corrected chi connectivity index (χ1v) is 5.41. The van der Waals surface area contributed by atoms with Gasteiger partial charge in [0.15, 0.2) is 0 Å². The number of hydrogen-bond acceptors (Lipinski definition) is 2. The van der Waals surface area contributed by atoms with Crippen molar-refractivity contribution in [2.45, 2.75) is 5.92 Å². The van der Waals surface area contributed by atoms with Crippen LogP contribution in [0.25, 0.3) is 0 Å². The second-order valence-corrected chi connectivity index (χ2v) is 3.87. The molecule has 0 saturated carbocycles. The summed E-state index contributed by atoms with van der Waals surface area (Å²) < 4.78 is 0. The van der Waals surface area contributed by atoms with Gasteiger partial charge in [0, 0.05) is 17.5 Å². The topological polar surface area (TPSA) is 40.5 Å². The normalized spacial score (nSPS) is 12.0. The zero-order valence-electron chi connectivity index (χ0n) is 9.38. The molecule has 0 saturated heterocycles. The smallest absolute Gasteiger partial charge is 0.123 e.